The summed E-state index contributed by atoms with van der Waals surface area (Å²) in [5.74, 6) is 5.73. The molecule has 0 saturated heterocycles. The smallest absolute Gasteiger partial charge is 0.0820 e. The molecule has 0 heterocycles. The fourth-order valence-electron chi connectivity index (χ4n) is 2.29. The lowest BCUT2D eigenvalue weighted by molar-refractivity contribution is -0.0551. The molecule has 0 spiro atoms. The minimum atomic E-state index is -0.230. The van der Waals surface area contributed by atoms with Gasteiger partial charge in [0.1, 0.15) is 0 Å². The second kappa shape index (κ2) is 6.88. The molecule has 0 bridgehead atoms. The molecule has 1 rings (SSSR count). The van der Waals surface area contributed by atoms with Crippen molar-refractivity contribution in [1.29, 1.82) is 0 Å². The van der Waals surface area contributed by atoms with Crippen LogP contribution in [-0.4, -0.2) is 18.2 Å². The summed E-state index contributed by atoms with van der Waals surface area (Å²) in [6.07, 6.45) is 1.81. The van der Waals surface area contributed by atoms with Crippen molar-refractivity contribution < 1.29 is 4.74 Å². The molecule has 0 fully saturated rings. The van der Waals surface area contributed by atoms with Crippen LogP contribution < -0.4 is 11.3 Å². The van der Waals surface area contributed by atoms with Gasteiger partial charge < -0.3 is 4.74 Å². The van der Waals surface area contributed by atoms with Crippen molar-refractivity contribution in [2.45, 2.75) is 52.2 Å². The van der Waals surface area contributed by atoms with E-state index in [1.165, 1.54) is 11.1 Å². The molecule has 0 saturated carbocycles. The quantitative estimate of drug-likeness (QED) is 0.577. The SMILES string of the molecule is CCOC(C)(CC)C(Cc1ccccc1C)NN. The van der Waals surface area contributed by atoms with Crippen LogP contribution in [0.2, 0.25) is 0 Å². The first-order valence-corrected chi connectivity index (χ1v) is 6.72. The summed E-state index contributed by atoms with van der Waals surface area (Å²) >= 11 is 0. The summed E-state index contributed by atoms with van der Waals surface area (Å²) < 4.78 is 5.90. The van der Waals surface area contributed by atoms with Crippen LogP contribution in [0, 0.1) is 6.92 Å². The van der Waals surface area contributed by atoms with Gasteiger partial charge in [0, 0.05) is 6.61 Å². The molecule has 1 aromatic carbocycles. The molecule has 102 valence electrons. The van der Waals surface area contributed by atoms with Gasteiger partial charge in [-0.2, -0.15) is 0 Å². The highest BCUT2D eigenvalue weighted by atomic mass is 16.5. The molecule has 3 N–H and O–H groups in total. The van der Waals surface area contributed by atoms with Gasteiger partial charge in [-0.15, -0.1) is 0 Å². The molecule has 0 aliphatic carbocycles. The highest BCUT2D eigenvalue weighted by Crippen LogP contribution is 2.23. The molecule has 3 nitrogen and oxygen atoms in total. The topological polar surface area (TPSA) is 47.3 Å². The van der Waals surface area contributed by atoms with Gasteiger partial charge in [-0.25, -0.2) is 0 Å². The number of hydrogen-bond donors (Lipinski definition) is 2. The zero-order valence-corrected chi connectivity index (χ0v) is 12.0. The van der Waals surface area contributed by atoms with Crippen LogP contribution in [0.5, 0.6) is 0 Å². The highest BCUT2D eigenvalue weighted by molar-refractivity contribution is 5.26. The zero-order chi connectivity index (χ0) is 13.6. The Labute approximate surface area is 111 Å². The number of rotatable bonds is 7. The predicted octanol–water partition coefficient (Wildman–Crippen LogP) is 2.57. The van der Waals surface area contributed by atoms with Gasteiger partial charge in [0.2, 0.25) is 0 Å². The number of hydrogen-bond acceptors (Lipinski definition) is 3. The van der Waals surface area contributed by atoms with Crippen LogP contribution >= 0.6 is 0 Å². The summed E-state index contributed by atoms with van der Waals surface area (Å²) in [6.45, 7) is 9.12. The van der Waals surface area contributed by atoms with Gasteiger partial charge in [0.15, 0.2) is 0 Å². The fourth-order valence-corrected chi connectivity index (χ4v) is 2.29. The zero-order valence-electron chi connectivity index (χ0n) is 12.0. The summed E-state index contributed by atoms with van der Waals surface area (Å²) in [5.41, 5.74) is 5.32. The number of benzene rings is 1. The molecule has 2 unspecified atom stereocenters. The Bertz CT molecular complexity index is 367. The van der Waals surface area contributed by atoms with Crippen LogP contribution in [0.25, 0.3) is 0 Å². The first kappa shape index (κ1) is 15.2. The van der Waals surface area contributed by atoms with E-state index in [9.17, 15) is 0 Å². The van der Waals surface area contributed by atoms with E-state index in [-0.39, 0.29) is 11.6 Å². The molecule has 0 aliphatic heterocycles. The third-order valence-electron chi connectivity index (χ3n) is 3.80. The van der Waals surface area contributed by atoms with E-state index in [2.05, 4.69) is 50.5 Å². The second-order valence-corrected chi connectivity index (χ2v) is 4.95. The Morgan fingerprint density at radius 2 is 2.00 bits per heavy atom. The van der Waals surface area contributed by atoms with Crippen LogP contribution in [0.1, 0.15) is 38.3 Å². The minimum absolute atomic E-state index is 0.114. The van der Waals surface area contributed by atoms with Gasteiger partial charge in [-0.05, 0) is 44.7 Å². The Balaban J connectivity index is 2.87. The largest absolute Gasteiger partial charge is 0.374 e. The summed E-state index contributed by atoms with van der Waals surface area (Å²) in [4.78, 5) is 0. The van der Waals surface area contributed by atoms with E-state index < -0.39 is 0 Å². The van der Waals surface area contributed by atoms with Crippen molar-refractivity contribution in [3.05, 3.63) is 35.4 Å². The molecule has 18 heavy (non-hydrogen) atoms. The van der Waals surface area contributed by atoms with Gasteiger partial charge in [-0.1, -0.05) is 31.2 Å². The Hall–Kier alpha value is -0.900. The normalized spacial score (nSPS) is 16.3. The van der Waals surface area contributed by atoms with E-state index in [0.717, 1.165) is 12.8 Å². The molecule has 0 amide bonds. The molecule has 3 heteroatoms. The maximum atomic E-state index is 5.90. The number of nitrogens with two attached hydrogens (primary N) is 1. The summed E-state index contributed by atoms with van der Waals surface area (Å²) in [6, 6.07) is 8.53. The van der Waals surface area contributed by atoms with Gasteiger partial charge in [-0.3, -0.25) is 11.3 Å². The second-order valence-electron chi connectivity index (χ2n) is 4.95. The molecule has 1 aromatic rings. The fraction of sp³-hybridized carbons (Fsp3) is 0.600. The Kier molecular flexibility index (Phi) is 5.79. The van der Waals surface area contributed by atoms with E-state index in [4.69, 9.17) is 10.6 Å². The Morgan fingerprint density at radius 3 is 2.50 bits per heavy atom. The third kappa shape index (κ3) is 3.55. The van der Waals surface area contributed by atoms with Gasteiger partial charge in [0.25, 0.3) is 0 Å². The van der Waals surface area contributed by atoms with Crippen LogP contribution in [-0.2, 0) is 11.2 Å². The first-order chi connectivity index (χ1) is 8.57. The van der Waals surface area contributed by atoms with Crippen molar-refractivity contribution in [2.24, 2.45) is 5.84 Å². The van der Waals surface area contributed by atoms with Gasteiger partial charge in [0.05, 0.1) is 11.6 Å². The van der Waals surface area contributed by atoms with Crippen molar-refractivity contribution in [1.82, 2.24) is 5.43 Å². The number of ether oxygens (including phenoxy) is 1. The third-order valence-corrected chi connectivity index (χ3v) is 3.80. The molecular formula is C15H26N2O. The van der Waals surface area contributed by atoms with Crippen LogP contribution in [0.3, 0.4) is 0 Å². The first-order valence-electron chi connectivity index (χ1n) is 6.72. The van der Waals surface area contributed by atoms with Crippen molar-refractivity contribution in [2.75, 3.05) is 6.61 Å². The van der Waals surface area contributed by atoms with Crippen molar-refractivity contribution in [3.63, 3.8) is 0 Å². The van der Waals surface area contributed by atoms with E-state index >= 15 is 0 Å². The van der Waals surface area contributed by atoms with E-state index in [1.807, 2.05) is 6.92 Å². The van der Waals surface area contributed by atoms with Crippen LogP contribution in [0.4, 0.5) is 0 Å². The number of hydrazine groups is 1. The molecule has 0 radical (unpaired) electrons. The average molecular weight is 250 g/mol. The van der Waals surface area contributed by atoms with Gasteiger partial charge >= 0.3 is 0 Å². The number of aryl methyl sites for hydroxylation is 1. The molecule has 0 aliphatic rings. The van der Waals surface area contributed by atoms with Crippen LogP contribution in [0.15, 0.2) is 24.3 Å². The minimum Gasteiger partial charge on any atom is -0.374 e. The lowest BCUT2D eigenvalue weighted by atomic mass is 9.87. The standard InChI is InChI=1S/C15H26N2O/c1-5-15(4,18-6-2)14(17-16)11-13-10-8-7-9-12(13)3/h7-10,14,17H,5-6,11,16H2,1-4H3. The van der Waals surface area contributed by atoms with E-state index in [1.54, 1.807) is 0 Å². The summed E-state index contributed by atoms with van der Waals surface area (Å²) in [5, 5.41) is 0. The number of nitrogens with one attached hydrogen (secondary N) is 1. The molecule has 0 aromatic heterocycles. The summed E-state index contributed by atoms with van der Waals surface area (Å²) in [7, 11) is 0. The maximum Gasteiger partial charge on any atom is 0.0820 e. The molecular weight excluding hydrogens is 224 g/mol. The monoisotopic (exact) mass is 250 g/mol. The average Bonchev–Trinajstić information content (AvgIpc) is 2.38. The lowest BCUT2D eigenvalue weighted by Crippen LogP contribution is -2.54. The Morgan fingerprint density at radius 1 is 1.33 bits per heavy atom. The predicted molar refractivity (Wildman–Crippen MR) is 76.3 cm³/mol. The van der Waals surface area contributed by atoms with E-state index in [0.29, 0.717) is 6.61 Å². The van der Waals surface area contributed by atoms with Crippen molar-refractivity contribution in [3.8, 4) is 0 Å². The van der Waals surface area contributed by atoms with Crippen molar-refractivity contribution >= 4 is 0 Å². The lowest BCUT2D eigenvalue weighted by Gasteiger charge is -2.36. The molecule has 2 atom stereocenters. The highest BCUT2D eigenvalue weighted by Gasteiger charge is 2.32. The maximum absolute atomic E-state index is 5.90.